The molecule has 2 aliphatic rings. The maximum absolute atomic E-state index is 13.3. The molecule has 2 heterocycles. The summed E-state index contributed by atoms with van der Waals surface area (Å²) in [5, 5.41) is 2.71. The van der Waals surface area contributed by atoms with Crippen LogP contribution in [0, 0.1) is 0 Å². The van der Waals surface area contributed by atoms with Crippen LogP contribution in [0.2, 0.25) is 0 Å². The van der Waals surface area contributed by atoms with Gasteiger partial charge in [0.15, 0.2) is 0 Å². The Bertz CT molecular complexity index is 1090. The molecule has 0 spiro atoms. The molecule has 2 aromatic carbocycles. The highest BCUT2D eigenvalue weighted by atomic mass is 19.4. The van der Waals surface area contributed by atoms with Gasteiger partial charge in [-0.1, -0.05) is 18.2 Å². The molecule has 1 N–H and O–H groups in total. The summed E-state index contributed by atoms with van der Waals surface area (Å²) in [6.45, 7) is 0.317. The first kappa shape index (κ1) is 21.8. The molecule has 0 bridgehead atoms. The summed E-state index contributed by atoms with van der Waals surface area (Å²) in [6.07, 6.45) is -4.49. The summed E-state index contributed by atoms with van der Waals surface area (Å²) >= 11 is 0. The Balaban J connectivity index is 1.66. The number of alkyl halides is 3. The Morgan fingerprint density at radius 1 is 1.12 bits per heavy atom. The molecule has 1 fully saturated rings. The SMILES string of the molecule is COCC(=O)N1CCN2C(=O)c3cc(-c4cccc(C(F)(F)F)c4)ccc3NC(=O)C2C1. The number of ether oxygens (including phenoxy) is 1. The molecular weight excluding hydrogens is 427 g/mol. The van der Waals surface area contributed by atoms with Gasteiger partial charge in [0.05, 0.1) is 23.4 Å². The van der Waals surface area contributed by atoms with Crippen LogP contribution in [0.5, 0.6) is 0 Å². The minimum absolute atomic E-state index is 0.0360. The van der Waals surface area contributed by atoms with Crippen LogP contribution < -0.4 is 5.32 Å². The second-order valence-corrected chi connectivity index (χ2v) is 7.62. The molecule has 4 rings (SSSR count). The quantitative estimate of drug-likeness (QED) is 0.785. The fourth-order valence-corrected chi connectivity index (χ4v) is 3.95. The van der Waals surface area contributed by atoms with Gasteiger partial charge < -0.3 is 19.9 Å². The minimum Gasteiger partial charge on any atom is -0.375 e. The zero-order valence-corrected chi connectivity index (χ0v) is 17.1. The van der Waals surface area contributed by atoms with Gasteiger partial charge >= 0.3 is 6.18 Å². The fourth-order valence-electron chi connectivity index (χ4n) is 3.95. The Hall–Kier alpha value is -3.40. The van der Waals surface area contributed by atoms with Crippen molar-refractivity contribution in [1.29, 1.82) is 0 Å². The first-order valence-corrected chi connectivity index (χ1v) is 9.89. The third-order valence-corrected chi connectivity index (χ3v) is 5.60. The zero-order chi connectivity index (χ0) is 23.0. The topological polar surface area (TPSA) is 79.0 Å². The third kappa shape index (κ3) is 4.05. The molecule has 0 saturated carbocycles. The molecular formula is C22H20F3N3O4. The molecule has 0 radical (unpaired) electrons. The van der Waals surface area contributed by atoms with Crippen molar-refractivity contribution < 1.29 is 32.3 Å². The molecule has 0 aliphatic carbocycles. The Labute approximate surface area is 181 Å². The molecule has 0 aromatic heterocycles. The van der Waals surface area contributed by atoms with Gasteiger partial charge in [-0.05, 0) is 35.4 Å². The van der Waals surface area contributed by atoms with E-state index in [1.165, 1.54) is 41.2 Å². The van der Waals surface area contributed by atoms with E-state index in [0.29, 0.717) is 11.1 Å². The number of rotatable bonds is 3. The lowest BCUT2D eigenvalue weighted by Crippen LogP contribution is -2.59. The first-order chi connectivity index (χ1) is 15.2. The van der Waals surface area contributed by atoms with Crippen LogP contribution in [0.15, 0.2) is 42.5 Å². The number of carbonyl (C=O) groups excluding carboxylic acids is 3. The largest absolute Gasteiger partial charge is 0.416 e. The average molecular weight is 447 g/mol. The van der Waals surface area contributed by atoms with Crippen molar-refractivity contribution in [2.45, 2.75) is 12.2 Å². The summed E-state index contributed by atoms with van der Waals surface area (Å²) in [5.74, 6) is -1.13. The van der Waals surface area contributed by atoms with Crippen molar-refractivity contribution in [3.63, 3.8) is 0 Å². The number of nitrogens with zero attached hydrogens (tertiary/aromatic N) is 2. The Kier molecular flexibility index (Phi) is 5.64. The molecule has 2 aromatic rings. The average Bonchev–Trinajstić information content (AvgIpc) is 2.87. The van der Waals surface area contributed by atoms with E-state index >= 15 is 0 Å². The number of amides is 3. The van der Waals surface area contributed by atoms with E-state index in [1.807, 2.05) is 0 Å². The lowest BCUT2D eigenvalue weighted by Gasteiger charge is -2.39. The molecule has 1 atom stereocenters. The number of hydrogen-bond acceptors (Lipinski definition) is 4. The Morgan fingerprint density at radius 2 is 1.88 bits per heavy atom. The smallest absolute Gasteiger partial charge is 0.375 e. The number of nitrogens with one attached hydrogen (secondary N) is 1. The second-order valence-electron chi connectivity index (χ2n) is 7.62. The van der Waals surface area contributed by atoms with Crippen molar-refractivity contribution in [2.75, 3.05) is 38.7 Å². The van der Waals surface area contributed by atoms with Crippen LogP contribution in [-0.2, 0) is 20.5 Å². The number of hydrogen-bond donors (Lipinski definition) is 1. The highest BCUT2D eigenvalue weighted by Gasteiger charge is 2.40. The van der Waals surface area contributed by atoms with Crippen LogP contribution in [0.1, 0.15) is 15.9 Å². The molecule has 1 saturated heterocycles. The Morgan fingerprint density at radius 3 is 2.59 bits per heavy atom. The minimum atomic E-state index is -4.49. The van der Waals surface area contributed by atoms with E-state index in [2.05, 4.69) is 5.32 Å². The van der Waals surface area contributed by atoms with Gasteiger partial charge in [0.1, 0.15) is 12.6 Å². The predicted octanol–water partition coefficient (Wildman–Crippen LogP) is 2.62. The number of carbonyl (C=O) groups is 3. The predicted molar refractivity (Wildman–Crippen MR) is 109 cm³/mol. The van der Waals surface area contributed by atoms with Crippen molar-refractivity contribution >= 4 is 23.4 Å². The molecule has 3 amide bonds. The molecule has 1 unspecified atom stereocenters. The highest BCUT2D eigenvalue weighted by molar-refractivity contribution is 6.10. The normalized spacial score (nSPS) is 18.6. The number of fused-ring (bicyclic) bond motifs is 2. The molecule has 32 heavy (non-hydrogen) atoms. The van der Waals surface area contributed by atoms with Crippen LogP contribution in [0.3, 0.4) is 0 Å². The van der Waals surface area contributed by atoms with E-state index in [1.54, 1.807) is 6.07 Å². The van der Waals surface area contributed by atoms with E-state index in [9.17, 15) is 27.6 Å². The van der Waals surface area contributed by atoms with Crippen molar-refractivity contribution in [3.8, 4) is 11.1 Å². The van der Waals surface area contributed by atoms with Gasteiger partial charge in [0.2, 0.25) is 11.8 Å². The van der Waals surface area contributed by atoms with Crippen LogP contribution in [0.25, 0.3) is 11.1 Å². The zero-order valence-electron chi connectivity index (χ0n) is 17.1. The fraction of sp³-hybridized carbons (Fsp3) is 0.318. The lowest BCUT2D eigenvalue weighted by atomic mass is 9.99. The summed E-state index contributed by atoms with van der Waals surface area (Å²) < 4.78 is 44.1. The number of piperazine rings is 1. The maximum atomic E-state index is 13.3. The van der Waals surface area contributed by atoms with Gasteiger partial charge in [0, 0.05) is 20.2 Å². The van der Waals surface area contributed by atoms with E-state index in [-0.39, 0.29) is 43.4 Å². The van der Waals surface area contributed by atoms with Crippen molar-refractivity contribution in [2.24, 2.45) is 0 Å². The molecule has 2 aliphatic heterocycles. The van der Waals surface area contributed by atoms with E-state index in [0.717, 1.165) is 12.1 Å². The number of anilines is 1. The van der Waals surface area contributed by atoms with Gasteiger partial charge in [-0.15, -0.1) is 0 Å². The van der Waals surface area contributed by atoms with Crippen molar-refractivity contribution in [3.05, 3.63) is 53.6 Å². The summed E-state index contributed by atoms with van der Waals surface area (Å²) in [6, 6.07) is 8.50. The van der Waals surface area contributed by atoms with Crippen LogP contribution in [-0.4, -0.2) is 66.9 Å². The molecule has 168 valence electrons. The van der Waals surface area contributed by atoms with Gasteiger partial charge in [-0.2, -0.15) is 13.2 Å². The number of methoxy groups -OCH3 is 1. The van der Waals surface area contributed by atoms with Gasteiger partial charge in [-0.3, -0.25) is 14.4 Å². The highest BCUT2D eigenvalue weighted by Crippen LogP contribution is 2.34. The van der Waals surface area contributed by atoms with Crippen LogP contribution >= 0.6 is 0 Å². The third-order valence-electron chi connectivity index (χ3n) is 5.60. The monoisotopic (exact) mass is 447 g/mol. The standard InChI is InChI=1S/C22H20F3N3O4/c1-32-12-19(29)27-7-8-28-18(11-27)20(30)26-17-6-5-14(10-16(17)21(28)31)13-3-2-4-15(9-13)22(23,24)25/h2-6,9-10,18H,7-8,11-12H2,1H3,(H,26,30). The van der Waals surface area contributed by atoms with E-state index in [4.69, 9.17) is 4.74 Å². The molecule has 10 heteroatoms. The lowest BCUT2D eigenvalue weighted by molar-refractivity contribution is -0.139. The number of halogens is 3. The number of benzene rings is 2. The van der Waals surface area contributed by atoms with Crippen LogP contribution in [0.4, 0.5) is 18.9 Å². The molecule has 7 nitrogen and oxygen atoms in total. The van der Waals surface area contributed by atoms with Gasteiger partial charge in [0.25, 0.3) is 5.91 Å². The summed E-state index contributed by atoms with van der Waals surface area (Å²) in [5.41, 5.74) is 0.399. The summed E-state index contributed by atoms with van der Waals surface area (Å²) in [4.78, 5) is 41.1. The summed E-state index contributed by atoms with van der Waals surface area (Å²) in [7, 11) is 1.40. The van der Waals surface area contributed by atoms with Crippen molar-refractivity contribution in [1.82, 2.24) is 9.80 Å². The van der Waals surface area contributed by atoms with E-state index < -0.39 is 29.6 Å². The first-order valence-electron chi connectivity index (χ1n) is 9.89. The second kappa shape index (κ2) is 8.27. The van der Waals surface area contributed by atoms with Gasteiger partial charge in [-0.25, -0.2) is 0 Å². The maximum Gasteiger partial charge on any atom is 0.416 e.